The van der Waals surface area contributed by atoms with Crippen LogP contribution >= 0.6 is 11.6 Å². The summed E-state index contributed by atoms with van der Waals surface area (Å²) in [7, 11) is 1.51. The van der Waals surface area contributed by atoms with Gasteiger partial charge in [-0.1, -0.05) is 11.6 Å². The lowest BCUT2D eigenvalue weighted by atomic mass is 10.2. The van der Waals surface area contributed by atoms with Gasteiger partial charge in [0.1, 0.15) is 23.9 Å². The number of halogens is 2. The van der Waals surface area contributed by atoms with Crippen LogP contribution in [0.5, 0.6) is 11.5 Å². The molecule has 2 aromatic carbocycles. The van der Waals surface area contributed by atoms with Gasteiger partial charge >= 0.3 is 0 Å². The van der Waals surface area contributed by atoms with Gasteiger partial charge in [0.25, 0.3) is 0 Å². The Morgan fingerprint density at radius 3 is 2.60 bits per heavy atom. The molecule has 0 N–H and O–H groups in total. The van der Waals surface area contributed by atoms with Crippen molar-refractivity contribution in [1.82, 2.24) is 0 Å². The van der Waals surface area contributed by atoms with Gasteiger partial charge in [0.05, 0.1) is 23.8 Å². The molecule has 5 heteroatoms. The number of methoxy groups -OCH3 is 1. The van der Waals surface area contributed by atoms with Gasteiger partial charge in [-0.05, 0) is 36.4 Å². The maximum absolute atomic E-state index is 13.2. The highest BCUT2D eigenvalue weighted by molar-refractivity contribution is 6.32. The summed E-state index contributed by atoms with van der Waals surface area (Å²) in [5.74, 6) is 0.600. The predicted octanol–water partition coefficient (Wildman–Crippen LogP) is 3.94. The average molecular weight is 292 g/mol. The molecule has 0 atom stereocenters. The fourth-order valence-corrected chi connectivity index (χ4v) is 1.94. The lowest BCUT2D eigenvalue weighted by Gasteiger charge is -2.11. The Morgan fingerprint density at radius 2 is 1.95 bits per heavy atom. The van der Waals surface area contributed by atoms with Crippen LogP contribution in [0.1, 0.15) is 11.1 Å². The minimum atomic E-state index is -0.365. The molecule has 102 valence electrons. The topological polar surface area (TPSA) is 42.2 Å². The fraction of sp³-hybridized carbons (Fsp3) is 0.133. The highest BCUT2D eigenvalue weighted by atomic mass is 35.5. The van der Waals surface area contributed by atoms with E-state index in [2.05, 4.69) is 0 Å². The van der Waals surface area contributed by atoms with E-state index in [1.54, 1.807) is 12.1 Å². The van der Waals surface area contributed by atoms with Crippen LogP contribution in [-0.4, -0.2) is 7.11 Å². The van der Waals surface area contributed by atoms with Gasteiger partial charge in [-0.2, -0.15) is 5.26 Å². The Hall–Kier alpha value is -2.25. The molecular formula is C15H11ClFNO2. The number of nitrogens with zero attached hydrogens (tertiary/aromatic N) is 1. The second-order valence-corrected chi connectivity index (χ2v) is 4.41. The summed E-state index contributed by atoms with van der Waals surface area (Å²) >= 11 is 6.00. The molecule has 0 fully saturated rings. The van der Waals surface area contributed by atoms with Gasteiger partial charge in [-0.25, -0.2) is 4.39 Å². The van der Waals surface area contributed by atoms with Crippen molar-refractivity contribution in [3.63, 3.8) is 0 Å². The van der Waals surface area contributed by atoms with Crippen molar-refractivity contribution in [1.29, 1.82) is 5.26 Å². The van der Waals surface area contributed by atoms with Gasteiger partial charge in [-0.15, -0.1) is 0 Å². The Balaban J connectivity index is 2.17. The van der Waals surface area contributed by atoms with Crippen LogP contribution in [-0.2, 0) is 6.61 Å². The Kier molecular flexibility index (Phi) is 4.44. The van der Waals surface area contributed by atoms with Gasteiger partial charge in [-0.3, -0.25) is 0 Å². The zero-order valence-corrected chi connectivity index (χ0v) is 11.4. The molecule has 2 rings (SSSR count). The van der Waals surface area contributed by atoms with E-state index in [0.29, 0.717) is 27.6 Å². The molecule has 3 nitrogen and oxygen atoms in total. The number of benzene rings is 2. The third kappa shape index (κ3) is 3.19. The summed E-state index contributed by atoms with van der Waals surface area (Å²) in [5.41, 5.74) is 1.03. The smallest absolute Gasteiger partial charge is 0.138 e. The largest absolute Gasteiger partial charge is 0.496 e. The standard InChI is InChI=1S/C15H11ClFNO2/c1-19-14-5-3-12(17)7-11(14)9-20-15-4-2-10(8-18)6-13(15)16/h2-7H,9H2,1H3. The molecule has 0 unspecified atom stereocenters. The normalized spacial score (nSPS) is 9.90. The Bertz CT molecular complexity index is 667. The van der Waals surface area contributed by atoms with Crippen LogP contribution < -0.4 is 9.47 Å². The average Bonchev–Trinajstić information content (AvgIpc) is 2.46. The third-order valence-electron chi connectivity index (χ3n) is 2.69. The number of ether oxygens (including phenoxy) is 2. The van der Waals surface area contributed by atoms with E-state index >= 15 is 0 Å². The first-order valence-electron chi connectivity index (χ1n) is 5.79. The molecule has 0 spiro atoms. The van der Waals surface area contributed by atoms with Crippen molar-refractivity contribution in [3.05, 3.63) is 58.4 Å². The summed E-state index contributed by atoms with van der Waals surface area (Å²) in [6.07, 6.45) is 0. The third-order valence-corrected chi connectivity index (χ3v) is 2.98. The van der Waals surface area contributed by atoms with Crippen molar-refractivity contribution in [2.24, 2.45) is 0 Å². The lowest BCUT2D eigenvalue weighted by molar-refractivity contribution is 0.296. The number of hydrogen-bond acceptors (Lipinski definition) is 3. The van der Waals surface area contributed by atoms with E-state index in [4.69, 9.17) is 26.3 Å². The van der Waals surface area contributed by atoms with Crippen molar-refractivity contribution in [3.8, 4) is 17.6 Å². The molecule has 0 amide bonds. The van der Waals surface area contributed by atoms with Crippen LogP contribution in [0.2, 0.25) is 5.02 Å². The number of hydrogen-bond donors (Lipinski definition) is 0. The minimum Gasteiger partial charge on any atom is -0.496 e. The molecule has 0 aliphatic rings. The van der Waals surface area contributed by atoms with Crippen LogP contribution in [0.25, 0.3) is 0 Å². The first-order chi connectivity index (χ1) is 9.63. The molecule has 0 saturated heterocycles. The number of rotatable bonds is 4. The van der Waals surface area contributed by atoms with Gasteiger partial charge in [0.2, 0.25) is 0 Å². The second kappa shape index (κ2) is 6.27. The van der Waals surface area contributed by atoms with Crippen LogP contribution in [0.4, 0.5) is 4.39 Å². The number of nitriles is 1. The second-order valence-electron chi connectivity index (χ2n) is 4.00. The molecule has 20 heavy (non-hydrogen) atoms. The molecular weight excluding hydrogens is 281 g/mol. The van der Waals surface area contributed by atoms with Crippen LogP contribution in [0.3, 0.4) is 0 Å². The summed E-state index contributed by atoms with van der Waals surface area (Å²) in [6, 6.07) is 10.9. The van der Waals surface area contributed by atoms with Gasteiger partial charge in [0, 0.05) is 5.56 Å². The van der Waals surface area contributed by atoms with E-state index in [9.17, 15) is 4.39 Å². The Labute approximate surface area is 121 Å². The van der Waals surface area contributed by atoms with Gasteiger partial charge in [0.15, 0.2) is 0 Å². The minimum absolute atomic E-state index is 0.118. The maximum Gasteiger partial charge on any atom is 0.138 e. The monoisotopic (exact) mass is 291 g/mol. The molecule has 0 bridgehead atoms. The first kappa shape index (κ1) is 14.2. The van der Waals surface area contributed by atoms with E-state index in [-0.39, 0.29) is 12.4 Å². The first-order valence-corrected chi connectivity index (χ1v) is 6.16. The van der Waals surface area contributed by atoms with E-state index in [1.807, 2.05) is 6.07 Å². The summed E-state index contributed by atoms with van der Waals surface area (Å²) in [6.45, 7) is 0.118. The SMILES string of the molecule is COc1ccc(F)cc1COc1ccc(C#N)cc1Cl. The molecule has 0 aromatic heterocycles. The van der Waals surface area contributed by atoms with Crippen LogP contribution in [0.15, 0.2) is 36.4 Å². The zero-order valence-electron chi connectivity index (χ0n) is 10.7. The quantitative estimate of drug-likeness (QED) is 0.857. The predicted molar refractivity (Wildman–Crippen MR) is 73.5 cm³/mol. The molecule has 0 radical (unpaired) electrons. The molecule has 0 aliphatic carbocycles. The van der Waals surface area contributed by atoms with E-state index in [0.717, 1.165) is 0 Å². The summed E-state index contributed by atoms with van der Waals surface area (Å²) in [4.78, 5) is 0. The van der Waals surface area contributed by atoms with Crippen molar-refractivity contribution in [2.75, 3.05) is 7.11 Å². The van der Waals surface area contributed by atoms with E-state index < -0.39 is 0 Å². The highest BCUT2D eigenvalue weighted by Gasteiger charge is 2.08. The lowest BCUT2D eigenvalue weighted by Crippen LogP contribution is -2.00. The molecule has 0 heterocycles. The summed E-state index contributed by atoms with van der Waals surface area (Å²) < 4.78 is 23.9. The van der Waals surface area contributed by atoms with E-state index in [1.165, 1.54) is 31.4 Å². The van der Waals surface area contributed by atoms with Gasteiger partial charge < -0.3 is 9.47 Å². The summed E-state index contributed by atoms with van der Waals surface area (Å²) in [5, 5.41) is 9.08. The van der Waals surface area contributed by atoms with Crippen molar-refractivity contribution >= 4 is 11.6 Å². The van der Waals surface area contributed by atoms with Crippen molar-refractivity contribution < 1.29 is 13.9 Å². The molecule has 0 aliphatic heterocycles. The van der Waals surface area contributed by atoms with Crippen molar-refractivity contribution in [2.45, 2.75) is 6.61 Å². The fourth-order valence-electron chi connectivity index (χ4n) is 1.70. The molecule has 0 saturated carbocycles. The maximum atomic E-state index is 13.2. The Morgan fingerprint density at radius 1 is 1.20 bits per heavy atom. The zero-order chi connectivity index (χ0) is 14.5. The van der Waals surface area contributed by atoms with Crippen LogP contribution in [0, 0.1) is 17.1 Å². The molecule has 2 aromatic rings. The highest BCUT2D eigenvalue weighted by Crippen LogP contribution is 2.27.